The van der Waals surface area contributed by atoms with Gasteiger partial charge in [-0.3, -0.25) is 0 Å². The van der Waals surface area contributed by atoms with Gasteiger partial charge in [0, 0.05) is 25.4 Å². The average molecular weight is 351 g/mol. The van der Waals surface area contributed by atoms with Gasteiger partial charge in [-0.25, -0.2) is 8.93 Å². The number of hydrogen-bond acceptors (Lipinski definition) is 5. The summed E-state index contributed by atoms with van der Waals surface area (Å²) >= 11 is 8.52. The van der Waals surface area contributed by atoms with Gasteiger partial charge in [-0.1, -0.05) is 12.2 Å². The molecule has 0 saturated carbocycles. The Morgan fingerprint density at radius 3 is 2.94 bits per heavy atom. The van der Waals surface area contributed by atoms with E-state index >= 15 is 0 Å². The van der Waals surface area contributed by atoms with Crippen LogP contribution in [-0.4, -0.2) is 23.6 Å². The molecule has 5 nitrogen and oxygen atoms in total. The van der Waals surface area contributed by atoms with Gasteiger partial charge >= 0.3 is 0 Å². The topological polar surface area (TPSA) is 67.4 Å². The highest BCUT2D eigenvalue weighted by atomic mass is 79.9. The van der Waals surface area contributed by atoms with E-state index in [-0.39, 0.29) is 0 Å². The van der Waals surface area contributed by atoms with Gasteiger partial charge < -0.3 is 14.2 Å². The third-order valence-corrected chi connectivity index (χ3v) is 3.59. The summed E-state index contributed by atoms with van der Waals surface area (Å²) in [5, 5.41) is 3.06. The zero-order chi connectivity index (χ0) is 13.1. The highest BCUT2D eigenvalue weighted by Gasteiger charge is 2.09. The van der Waals surface area contributed by atoms with Crippen LogP contribution in [0.25, 0.3) is 11.2 Å². The van der Waals surface area contributed by atoms with Crippen molar-refractivity contribution in [3.8, 4) is 0 Å². The lowest BCUT2D eigenvalue weighted by atomic mass is 10.4. The summed E-state index contributed by atoms with van der Waals surface area (Å²) < 4.78 is 25.8. The second kappa shape index (κ2) is 5.96. The highest BCUT2D eigenvalue weighted by molar-refractivity contribution is 9.10. The molecule has 2 heterocycles. The van der Waals surface area contributed by atoms with Crippen molar-refractivity contribution < 1.29 is 13.0 Å². The Morgan fingerprint density at radius 2 is 2.22 bits per heavy atom. The molecule has 0 spiro atoms. The molecule has 2 aromatic rings. The van der Waals surface area contributed by atoms with Crippen LogP contribution in [0.2, 0.25) is 0 Å². The molecule has 2 N–H and O–H groups in total. The number of hydrogen-bond donors (Lipinski definition) is 2. The number of furan rings is 1. The minimum Gasteiger partial charge on any atom is -0.458 e. The molecule has 0 saturated heterocycles. The molecule has 0 amide bonds. The van der Waals surface area contributed by atoms with Crippen LogP contribution < -0.4 is 10.0 Å². The molecule has 8 heteroatoms. The summed E-state index contributed by atoms with van der Waals surface area (Å²) in [6.07, 6.45) is 3.12. The number of rotatable bonds is 5. The molecule has 1 atom stereocenters. The molecule has 0 bridgehead atoms. The van der Waals surface area contributed by atoms with Crippen LogP contribution >= 0.6 is 28.1 Å². The molecular formula is C10H11BrN2O3S2. The molecule has 98 valence electrons. The van der Waals surface area contributed by atoms with Crippen LogP contribution in [0.5, 0.6) is 0 Å². The minimum absolute atomic E-state index is 0.551. The molecule has 1 unspecified atom stereocenters. The number of halogens is 1. The van der Waals surface area contributed by atoms with E-state index in [0.29, 0.717) is 34.6 Å². The maximum absolute atomic E-state index is 10.8. The smallest absolute Gasteiger partial charge is 0.195 e. The quantitative estimate of drug-likeness (QED) is 0.641. The molecule has 0 aliphatic carbocycles. The molecular weight excluding hydrogens is 340 g/mol. The van der Waals surface area contributed by atoms with Crippen molar-refractivity contribution in [2.45, 2.75) is 0 Å². The maximum Gasteiger partial charge on any atom is 0.195 e. The molecule has 0 aliphatic rings. The Morgan fingerprint density at radius 1 is 1.44 bits per heavy atom. The fraction of sp³-hybridized carbons (Fsp3) is 0.300. The Hall–Kier alpha value is -0.700. The Labute approximate surface area is 120 Å². The van der Waals surface area contributed by atoms with E-state index in [2.05, 4.69) is 26.0 Å². The fourth-order valence-electron chi connectivity index (χ4n) is 1.38. The first-order valence-corrected chi connectivity index (χ1v) is 7.85. The van der Waals surface area contributed by atoms with Gasteiger partial charge in [-0.15, -0.1) is 0 Å². The minimum atomic E-state index is -1.01. The summed E-state index contributed by atoms with van der Waals surface area (Å²) in [5.41, 5.74) is 1.13. The van der Waals surface area contributed by atoms with Crippen LogP contribution in [-0.2, 0) is 11.0 Å². The monoisotopic (exact) mass is 350 g/mol. The summed E-state index contributed by atoms with van der Waals surface area (Å²) in [6, 6.07) is 1.69. The summed E-state index contributed by atoms with van der Waals surface area (Å²) in [7, 11) is -1.01. The van der Waals surface area contributed by atoms with Crippen LogP contribution in [0.3, 0.4) is 0 Å². The second-order valence-corrected chi connectivity index (χ2v) is 5.98. The van der Waals surface area contributed by atoms with E-state index in [1.54, 1.807) is 12.3 Å². The van der Waals surface area contributed by atoms with Crippen molar-refractivity contribution in [1.29, 1.82) is 0 Å². The van der Waals surface area contributed by atoms with E-state index in [1.165, 1.54) is 6.26 Å². The molecule has 2 aromatic heterocycles. The van der Waals surface area contributed by atoms with Gasteiger partial charge in [-0.05, 0) is 15.9 Å². The molecule has 0 aliphatic heterocycles. The van der Waals surface area contributed by atoms with E-state index < -0.39 is 11.0 Å². The lowest BCUT2D eigenvalue weighted by molar-refractivity contribution is 0.587. The SMILES string of the molecule is CS(=O)NCCNc1cc(=S)c2occ(Br)c2o1. The van der Waals surface area contributed by atoms with E-state index in [4.69, 9.17) is 21.1 Å². The summed E-state index contributed by atoms with van der Waals surface area (Å²) in [6.45, 7) is 1.15. The predicted octanol–water partition coefficient (Wildman–Crippen LogP) is 2.81. The zero-order valence-electron chi connectivity index (χ0n) is 9.49. The van der Waals surface area contributed by atoms with E-state index in [1.807, 2.05) is 0 Å². The van der Waals surface area contributed by atoms with Crippen LogP contribution in [0.15, 0.2) is 25.6 Å². The summed E-state index contributed by atoms with van der Waals surface area (Å²) in [4.78, 5) is 0. The normalized spacial score (nSPS) is 12.8. The van der Waals surface area contributed by atoms with Gasteiger partial charge in [0.25, 0.3) is 0 Å². The van der Waals surface area contributed by atoms with Crippen molar-refractivity contribution in [3.63, 3.8) is 0 Å². The molecule has 0 radical (unpaired) electrons. The first-order chi connectivity index (χ1) is 8.58. The Balaban J connectivity index is 2.12. The highest BCUT2D eigenvalue weighted by Crippen LogP contribution is 2.29. The first-order valence-electron chi connectivity index (χ1n) is 5.09. The third-order valence-electron chi connectivity index (χ3n) is 2.13. The molecule has 2 rings (SSSR count). The zero-order valence-corrected chi connectivity index (χ0v) is 12.7. The Kier molecular flexibility index (Phi) is 4.55. The van der Waals surface area contributed by atoms with Crippen molar-refractivity contribution in [3.05, 3.63) is 21.3 Å². The number of nitrogens with one attached hydrogen (secondary N) is 2. The molecule has 0 aromatic carbocycles. The third kappa shape index (κ3) is 3.19. The van der Waals surface area contributed by atoms with E-state index in [0.717, 1.165) is 4.47 Å². The average Bonchev–Trinajstić information content (AvgIpc) is 2.67. The van der Waals surface area contributed by atoms with Crippen molar-refractivity contribution >= 4 is 56.2 Å². The molecule has 18 heavy (non-hydrogen) atoms. The predicted molar refractivity (Wildman–Crippen MR) is 77.6 cm³/mol. The van der Waals surface area contributed by atoms with Gasteiger partial charge in [-0.2, -0.15) is 0 Å². The Bertz CT molecular complexity index is 638. The first kappa shape index (κ1) is 13.7. The van der Waals surface area contributed by atoms with Gasteiger partial charge in [0.2, 0.25) is 0 Å². The van der Waals surface area contributed by atoms with E-state index in [9.17, 15) is 4.21 Å². The van der Waals surface area contributed by atoms with Gasteiger partial charge in [0.05, 0.1) is 20.0 Å². The van der Waals surface area contributed by atoms with Gasteiger partial charge in [0.15, 0.2) is 17.1 Å². The number of fused-ring (bicyclic) bond motifs is 1. The lowest BCUT2D eigenvalue weighted by Gasteiger charge is -2.05. The van der Waals surface area contributed by atoms with Crippen LogP contribution in [0, 0.1) is 4.51 Å². The fourth-order valence-corrected chi connectivity index (χ4v) is 2.37. The second-order valence-electron chi connectivity index (χ2n) is 3.49. The number of anilines is 1. The van der Waals surface area contributed by atoms with Crippen molar-refractivity contribution in [2.75, 3.05) is 24.7 Å². The van der Waals surface area contributed by atoms with Crippen molar-refractivity contribution in [1.82, 2.24) is 4.72 Å². The van der Waals surface area contributed by atoms with Crippen LogP contribution in [0.1, 0.15) is 0 Å². The standard InChI is InChI=1S/C10H11BrN2O3S2/c1-18(14)13-3-2-12-8-4-7(17)10-9(16-8)6(11)5-15-10/h4-5,12-13H,2-3H2,1H3. The van der Waals surface area contributed by atoms with Crippen LogP contribution in [0.4, 0.5) is 5.88 Å². The van der Waals surface area contributed by atoms with Gasteiger partial charge in [0.1, 0.15) is 6.26 Å². The molecule has 0 fully saturated rings. The largest absolute Gasteiger partial charge is 0.458 e. The maximum atomic E-state index is 10.8. The van der Waals surface area contributed by atoms with Crippen molar-refractivity contribution in [2.24, 2.45) is 0 Å². The summed E-state index contributed by atoms with van der Waals surface area (Å²) in [5.74, 6) is 0.554. The lowest BCUT2D eigenvalue weighted by Crippen LogP contribution is -2.23.